The van der Waals surface area contributed by atoms with Crippen molar-refractivity contribution in [3.63, 3.8) is 0 Å². The summed E-state index contributed by atoms with van der Waals surface area (Å²) in [6.07, 6.45) is 11.0. The number of amides is 1. The van der Waals surface area contributed by atoms with Crippen LogP contribution in [0.5, 0.6) is 0 Å². The van der Waals surface area contributed by atoms with Crippen LogP contribution in [-0.4, -0.2) is 49.6 Å². The van der Waals surface area contributed by atoms with E-state index in [0.29, 0.717) is 0 Å². The number of nitriles is 1. The number of hydrogen-bond acceptors (Lipinski definition) is 4. The molecule has 30 heavy (non-hydrogen) atoms. The molecule has 1 saturated heterocycles. The highest BCUT2D eigenvalue weighted by molar-refractivity contribution is 5.78. The van der Waals surface area contributed by atoms with Crippen molar-refractivity contribution in [2.24, 2.45) is 5.92 Å². The molecule has 2 fully saturated rings. The molecule has 1 amide bonds. The van der Waals surface area contributed by atoms with Crippen molar-refractivity contribution in [3.05, 3.63) is 29.3 Å². The van der Waals surface area contributed by atoms with Crippen molar-refractivity contribution >= 4 is 11.6 Å². The third kappa shape index (κ3) is 5.55. The summed E-state index contributed by atoms with van der Waals surface area (Å²) in [5.41, 5.74) is 4.58. The summed E-state index contributed by atoms with van der Waals surface area (Å²) in [4.78, 5) is 16.8. The van der Waals surface area contributed by atoms with E-state index in [0.717, 1.165) is 44.9 Å². The van der Waals surface area contributed by atoms with Crippen molar-refractivity contribution in [2.75, 3.05) is 37.6 Å². The molecular formula is C25H36N4O. The molecule has 5 heteroatoms. The van der Waals surface area contributed by atoms with Crippen LogP contribution in [0.3, 0.4) is 0 Å². The molecule has 1 saturated carbocycles. The second-order valence-electron chi connectivity index (χ2n) is 9.40. The number of benzene rings is 1. The Labute approximate surface area is 181 Å². The molecule has 5 nitrogen and oxygen atoms in total. The van der Waals surface area contributed by atoms with Gasteiger partial charge in [-0.2, -0.15) is 5.26 Å². The lowest BCUT2D eigenvalue weighted by atomic mass is 9.84. The first-order valence-electron chi connectivity index (χ1n) is 12.0. The van der Waals surface area contributed by atoms with Gasteiger partial charge in [0.2, 0.25) is 5.91 Å². The first-order valence-corrected chi connectivity index (χ1v) is 12.0. The Morgan fingerprint density at radius 3 is 2.50 bits per heavy atom. The molecule has 0 spiro atoms. The predicted octanol–water partition coefficient (Wildman–Crippen LogP) is 3.67. The smallest absolute Gasteiger partial charge is 0.234 e. The van der Waals surface area contributed by atoms with E-state index in [-0.39, 0.29) is 18.4 Å². The molecule has 1 N–H and O–H groups in total. The van der Waals surface area contributed by atoms with Gasteiger partial charge in [0.05, 0.1) is 6.07 Å². The Morgan fingerprint density at radius 2 is 1.77 bits per heavy atom. The van der Waals surface area contributed by atoms with Crippen LogP contribution in [0, 0.1) is 17.2 Å². The zero-order valence-electron chi connectivity index (χ0n) is 18.2. The molecule has 0 unspecified atom stereocenters. The lowest BCUT2D eigenvalue weighted by Gasteiger charge is -2.37. The van der Waals surface area contributed by atoms with E-state index in [9.17, 15) is 4.79 Å². The van der Waals surface area contributed by atoms with Crippen LogP contribution in [0.4, 0.5) is 5.69 Å². The van der Waals surface area contributed by atoms with Gasteiger partial charge >= 0.3 is 0 Å². The first-order chi connectivity index (χ1) is 14.7. The number of carbonyl (C=O) groups is 1. The summed E-state index contributed by atoms with van der Waals surface area (Å²) in [6, 6.07) is 9.38. The Balaban J connectivity index is 1.16. The van der Waals surface area contributed by atoms with Gasteiger partial charge in [-0.05, 0) is 93.5 Å². The third-order valence-corrected chi connectivity index (χ3v) is 7.37. The maximum absolute atomic E-state index is 11.6. The van der Waals surface area contributed by atoms with Crippen LogP contribution in [0.25, 0.3) is 0 Å². The first kappa shape index (κ1) is 21.2. The van der Waals surface area contributed by atoms with E-state index in [2.05, 4.69) is 33.3 Å². The average Bonchev–Trinajstić information content (AvgIpc) is 2.79. The lowest BCUT2D eigenvalue weighted by Crippen LogP contribution is -2.47. The third-order valence-electron chi connectivity index (χ3n) is 7.37. The number of carbonyl (C=O) groups excluding carboxylic acids is 1. The number of fused-ring (bicyclic) bond motifs is 1. The monoisotopic (exact) mass is 408 g/mol. The number of hydrogen-bond donors (Lipinski definition) is 1. The van der Waals surface area contributed by atoms with Crippen LogP contribution in [-0.2, 0) is 17.6 Å². The highest BCUT2D eigenvalue weighted by Gasteiger charge is 2.24. The average molecular weight is 409 g/mol. The minimum absolute atomic E-state index is 0.0165. The molecule has 2 aliphatic carbocycles. The summed E-state index contributed by atoms with van der Waals surface area (Å²) >= 11 is 0. The minimum atomic E-state index is -0.113. The van der Waals surface area contributed by atoms with E-state index < -0.39 is 0 Å². The van der Waals surface area contributed by atoms with Gasteiger partial charge in [0.25, 0.3) is 0 Å². The number of nitrogens with zero attached hydrogens (tertiary/aromatic N) is 3. The molecule has 1 aromatic rings. The van der Waals surface area contributed by atoms with Crippen molar-refractivity contribution < 1.29 is 4.79 Å². The quantitative estimate of drug-likeness (QED) is 0.780. The zero-order valence-corrected chi connectivity index (χ0v) is 18.2. The molecule has 1 aliphatic heterocycles. The Kier molecular flexibility index (Phi) is 7.28. The van der Waals surface area contributed by atoms with Crippen molar-refractivity contribution in [2.45, 2.75) is 70.3 Å². The van der Waals surface area contributed by atoms with E-state index in [1.54, 1.807) is 11.1 Å². The van der Waals surface area contributed by atoms with Crippen molar-refractivity contribution in [1.82, 2.24) is 10.2 Å². The summed E-state index contributed by atoms with van der Waals surface area (Å²) in [7, 11) is 0. The maximum Gasteiger partial charge on any atom is 0.234 e. The highest BCUT2D eigenvalue weighted by Crippen LogP contribution is 2.29. The zero-order chi connectivity index (χ0) is 20.8. The van der Waals surface area contributed by atoms with E-state index in [1.807, 2.05) is 6.07 Å². The Hall–Kier alpha value is -2.06. The highest BCUT2D eigenvalue weighted by atomic mass is 16.1. The van der Waals surface area contributed by atoms with Gasteiger partial charge in [0, 0.05) is 37.9 Å². The Bertz CT molecular complexity index is 755. The fourth-order valence-electron chi connectivity index (χ4n) is 5.46. The van der Waals surface area contributed by atoms with E-state index >= 15 is 0 Å². The second-order valence-corrected chi connectivity index (χ2v) is 9.40. The molecule has 0 aromatic heterocycles. The van der Waals surface area contributed by atoms with Crippen LogP contribution in [0.15, 0.2) is 18.2 Å². The van der Waals surface area contributed by atoms with Gasteiger partial charge in [-0.3, -0.25) is 9.69 Å². The van der Waals surface area contributed by atoms with Crippen LogP contribution < -0.4 is 10.2 Å². The van der Waals surface area contributed by atoms with Crippen molar-refractivity contribution in [1.29, 1.82) is 5.26 Å². The van der Waals surface area contributed by atoms with E-state index in [4.69, 9.17) is 5.26 Å². The molecule has 1 aromatic carbocycles. The molecular weight excluding hydrogens is 372 g/mol. The minimum Gasteiger partial charge on any atom is -0.369 e. The number of nitrogens with one attached hydrogen (secondary N) is 1. The summed E-state index contributed by atoms with van der Waals surface area (Å²) < 4.78 is 0. The largest absolute Gasteiger partial charge is 0.369 e. The van der Waals surface area contributed by atoms with Crippen molar-refractivity contribution in [3.8, 4) is 6.07 Å². The molecule has 162 valence electrons. The van der Waals surface area contributed by atoms with Gasteiger partial charge in [-0.1, -0.05) is 6.07 Å². The number of piperazine rings is 1. The molecule has 3 aliphatic rings. The molecule has 0 radical (unpaired) electrons. The molecule has 0 atom stereocenters. The maximum atomic E-state index is 11.6. The second kappa shape index (κ2) is 10.3. The molecule has 4 rings (SSSR count). The summed E-state index contributed by atoms with van der Waals surface area (Å²) in [5.74, 6) is 0.672. The standard InChI is InChI=1S/C25H36N4O/c26-13-11-25(30)27-23-8-5-20(6-9-23)12-14-28-15-17-29(18-16-28)24-10-7-21-3-1-2-4-22(21)19-24/h7,10,19-20,23H,1-6,8-9,11-12,14-18H2,(H,27,30)/t20-,23-. The van der Waals surface area contributed by atoms with Gasteiger partial charge in [0.15, 0.2) is 0 Å². The Morgan fingerprint density at radius 1 is 1.03 bits per heavy atom. The molecule has 0 bridgehead atoms. The van der Waals surface area contributed by atoms with Gasteiger partial charge < -0.3 is 10.2 Å². The van der Waals surface area contributed by atoms with E-state index in [1.165, 1.54) is 57.2 Å². The topological polar surface area (TPSA) is 59.4 Å². The SMILES string of the molecule is N#CCC(=O)N[C@H]1CC[C@H](CCN2CCN(c3ccc4c(c3)CCCC4)CC2)CC1. The van der Waals surface area contributed by atoms with Crippen LogP contribution in [0.1, 0.15) is 62.5 Å². The summed E-state index contributed by atoms with van der Waals surface area (Å²) in [5, 5.41) is 11.6. The molecule has 1 heterocycles. The number of aryl methyl sites for hydroxylation is 2. The van der Waals surface area contributed by atoms with Gasteiger partial charge in [-0.15, -0.1) is 0 Å². The number of anilines is 1. The summed E-state index contributed by atoms with van der Waals surface area (Å²) in [6.45, 7) is 5.80. The van der Waals surface area contributed by atoms with Crippen LogP contribution >= 0.6 is 0 Å². The predicted molar refractivity (Wildman–Crippen MR) is 120 cm³/mol. The van der Waals surface area contributed by atoms with Gasteiger partial charge in [-0.25, -0.2) is 0 Å². The fraction of sp³-hybridized carbons (Fsp3) is 0.680. The van der Waals surface area contributed by atoms with Gasteiger partial charge in [0.1, 0.15) is 6.42 Å². The fourth-order valence-corrected chi connectivity index (χ4v) is 5.46. The van der Waals surface area contributed by atoms with Crippen LogP contribution in [0.2, 0.25) is 0 Å². The lowest BCUT2D eigenvalue weighted by molar-refractivity contribution is -0.121. The normalized spacial score (nSPS) is 24.7. The number of rotatable bonds is 6.